The van der Waals surface area contributed by atoms with Crippen molar-refractivity contribution in [3.8, 4) is 0 Å². The summed E-state index contributed by atoms with van der Waals surface area (Å²) in [7, 11) is 0. The number of fused-ring (bicyclic) bond motifs is 2. The number of hydrogen-bond donors (Lipinski definition) is 0. The van der Waals surface area contributed by atoms with E-state index < -0.39 is 0 Å². The summed E-state index contributed by atoms with van der Waals surface area (Å²) in [6.45, 7) is 4.49. The molecule has 2 aromatic carbocycles. The smallest absolute Gasteiger partial charge is 0.153 e. The Morgan fingerprint density at radius 3 is 2.67 bits per heavy atom. The molecule has 5 rings (SSSR count). The van der Waals surface area contributed by atoms with E-state index in [9.17, 15) is 4.39 Å². The maximum atomic E-state index is 13.8. The highest BCUT2D eigenvalue weighted by atomic mass is 79.9. The van der Waals surface area contributed by atoms with Gasteiger partial charge in [-0.3, -0.25) is 0 Å². The third kappa shape index (κ3) is 3.61. The molecule has 0 aliphatic carbocycles. The third-order valence-electron chi connectivity index (χ3n) is 5.79. The zero-order valence-corrected chi connectivity index (χ0v) is 19.0. The number of nitrogens with zero attached hydrogens (tertiary/aromatic N) is 3. The van der Waals surface area contributed by atoms with Crippen LogP contribution in [0.4, 0.5) is 10.2 Å². The molecule has 0 fully saturated rings. The highest BCUT2D eigenvalue weighted by Crippen LogP contribution is 2.37. The average molecular weight is 487 g/mol. The summed E-state index contributed by atoms with van der Waals surface area (Å²) in [5.41, 5.74) is 5.94. The van der Waals surface area contributed by atoms with E-state index >= 15 is 0 Å². The molecule has 6 heteroatoms. The van der Waals surface area contributed by atoms with Crippen molar-refractivity contribution in [3.05, 3.63) is 93.5 Å². The Labute approximate surface area is 190 Å². The van der Waals surface area contributed by atoms with Crippen LogP contribution in [0.15, 0.2) is 65.3 Å². The van der Waals surface area contributed by atoms with Gasteiger partial charge in [0.2, 0.25) is 0 Å². The fourth-order valence-electron chi connectivity index (χ4n) is 4.29. The number of anilines is 1. The number of pyridine rings is 1. The van der Waals surface area contributed by atoms with Gasteiger partial charge in [-0.05, 0) is 64.2 Å². The van der Waals surface area contributed by atoms with E-state index in [-0.39, 0.29) is 18.2 Å². The Balaban J connectivity index is 0.00000218. The first-order valence-electron chi connectivity index (χ1n) is 9.81. The summed E-state index contributed by atoms with van der Waals surface area (Å²) in [5.74, 6) is 0.781. The van der Waals surface area contributed by atoms with Crippen LogP contribution in [0, 0.1) is 12.7 Å². The second kappa shape index (κ2) is 8.40. The van der Waals surface area contributed by atoms with Gasteiger partial charge < -0.3 is 9.47 Å². The molecule has 0 unspecified atom stereocenters. The third-order valence-corrected chi connectivity index (χ3v) is 6.79. The van der Waals surface area contributed by atoms with Gasteiger partial charge in [0.1, 0.15) is 5.82 Å². The number of halogens is 3. The summed E-state index contributed by atoms with van der Waals surface area (Å²) in [4.78, 5) is 7.15. The van der Waals surface area contributed by atoms with Crippen molar-refractivity contribution in [2.75, 3.05) is 11.4 Å². The molecule has 0 amide bonds. The first kappa shape index (κ1) is 20.9. The SMILES string of the molecule is Cc1c(Br)c2ccnc(N3CCc4ccccc4C3)c2n1Cc1cccc(F)c1.Cl. The predicted molar refractivity (Wildman–Crippen MR) is 126 cm³/mol. The van der Waals surface area contributed by atoms with Crippen LogP contribution >= 0.6 is 28.3 Å². The second-order valence-electron chi connectivity index (χ2n) is 7.59. The van der Waals surface area contributed by atoms with Gasteiger partial charge in [0.05, 0.1) is 5.52 Å². The van der Waals surface area contributed by atoms with Crippen LogP contribution in [-0.2, 0) is 19.5 Å². The van der Waals surface area contributed by atoms with Crippen LogP contribution in [0.1, 0.15) is 22.4 Å². The summed E-state index contributed by atoms with van der Waals surface area (Å²) >= 11 is 3.77. The average Bonchev–Trinajstić information content (AvgIpc) is 2.98. The van der Waals surface area contributed by atoms with Crippen molar-refractivity contribution in [1.29, 1.82) is 0 Å². The van der Waals surface area contributed by atoms with Crippen LogP contribution in [0.25, 0.3) is 10.9 Å². The van der Waals surface area contributed by atoms with Crippen molar-refractivity contribution in [2.45, 2.75) is 26.4 Å². The van der Waals surface area contributed by atoms with Crippen LogP contribution in [0.2, 0.25) is 0 Å². The van der Waals surface area contributed by atoms with Gasteiger partial charge in [-0.15, -0.1) is 12.4 Å². The standard InChI is InChI=1S/C24H21BrFN3.ClH/c1-16-22(25)21-9-11-27-24(28-12-10-18-6-2-3-7-19(18)15-28)23(21)29(16)14-17-5-4-8-20(26)13-17;/h2-9,11,13H,10,12,14-15H2,1H3;1H. The minimum atomic E-state index is -0.207. The van der Waals surface area contributed by atoms with E-state index in [4.69, 9.17) is 4.98 Å². The topological polar surface area (TPSA) is 21.1 Å². The molecule has 30 heavy (non-hydrogen) atoms. The van der Waals surface area contributed by atoms with Crippen LogP contribution in [-0.4, -0.2) is 16.1 Å². The quantitative estimate of drug-likeness (QED) is 0.340. The second-order valence-corrected chi connectivity index (χ2v) is 8.38. The van der Waals surface area contributed by atoms with E-state index in [1.165, 1.54) is 17.2 Å². The summed E-state index contributed by atoms with van der Waals surface area (Å²) < 4.78 is 17.1. The maximum Gasteiger partial charge on any atom is 0.153 e. The Hall–Kier alpha value is -2.37. The first-order chi connectivity index (χ1) is 14.1. The van der Waals surface area contributed by atoms with Crippen LogP contribution < -0.4 is 4.90 Å². The molecule has 0 atom stereocenters. The molecule has 154 valence electrons. The van der Waals surface area contributed by atoms with Gasteiger partial charge >= 0.3 is 0 Å². The van der Waals surface area contributed by atoms with E-state index in [2.05, 4.69) is 62.7 Å². The van der Waals surface area contributed by atoms with Crippen LogP contribution in [0.3, 0.4) is 0 Å². The molecule has 1 aliphatic heterocycles. The summed E-state index contributed by atoms with van der Waals surface area (Å²) in [6.07, 6.45) is 2.90. The lowest BCUT2D eigenvalue weighted by Crippen LogP contribution is -2.31. The fraction of sp³-hybridized carbons (Fsp3) is 0.208. The van der Waals surface area contributed by atoms with Crippen molar-refractivity contribution >= 4 is 45.1 Å². The molecule has 0 bridgehead atoms. The lowest BCUT2D eigenvalue weighted by molar-refractivity contribution is 0.623. The Morgan fingerprint density at radius 2 is 1.87 bits per heavy atom. The highest BCUT2D eigenvalue weighted by Gasteiger charge is 2.23. The van der Waals surface area contributed by atoms with E-state index in [1.807, 2.05) is 12.3 Å². The summed E-state index contributed by atoms with van der Waals surface area (Å²) in [6, 6.07) is 17.5. The monoisotopic (exact) mass is 485 g/mol. The Kier molecular flexibility index (Phi) is 5.85. The molecule has 1 aliphatic rings. The van der Waals surface area contributed by atoms with Gasteiger partial charge in [0.25, 0.3) is 0 Å². The number of hydrogen-bond acceptors (Lipinski definition) is 2. The first-order valence-corrected chi connectivity index (χ1v) is 10.6. The molecule has 0 N–H and O–H groups in total. The van der Waals surface area contributed by atoms with Gasteiger partial charge in [0.15, 0.2) is 5.82 Å². The largest absolute Gasteiger partial charge is 0.350 e. The van der Waals surface area contributed by atoms with Crippen molar-refractivity contribution < 1.29 is 4.39 Å². The van der Waals surface area contributed by atoms with Crippen LogP contribution in [0.5, 0.6) is 0 Å². The van der Waals surface area contributed by atoms with Crippen molar-refractivity contribution in [1.82, 2.24) is 9.55 Å². The zero-order valence-electron chi connectivity index (χ0n) is 16.6. The van der Waals surface area contributed by atoms with Crippen molar-refractivity contribution in [3.63, 3.8) is 0 Å². The number of benzene rings is 2. The predicted octanol–water partition coefficient (Wildman–Crippen LogP) is 6.28. The van der Waals surface area contributed by atoms with E-state index in [1.54, 1.807) is 12.1 Å². The van der Waals surface area contributed by atoms with Gasteiger partial charge in [-0.25, -0.2) is 9.37 Å². The summed E-state index contributed by atoms with van der Waals surface area (Å²) in [5, 5.41) is 1.14. The highest BCUT2D eigenvalue weighted by molar-refractivity contribution is 9.10. The molecule has 2 aromatic heterocycles. The lowest BCUT2D eigenvalue weighted by Gasteiger charge is -2.30. The van der Waals surface area contributed by atoms with E-state index in [0.29, 0.717) is 6.54 Å². The fourth-order valence-corrected chi connectivity index (χ4v) is 4.82. The normalized spacial score (nSPS) is 13.2. The molecule has 0 saturated carbocycles. The molecule has 3 nitrogen and oxygen atoms in total. The van der Waals surface area contributed by atoms with Crippen molar-refractivity contribution in [2.24, 2.45) is 0 Å². The molecule has 0 radical (unpaired) electrons. The lowest BCUT2D eigenvalue weighted by atomic mass is 10.00. The number of rotatable bonds is 3. The molecular formula is C24H22BrClFN3. The van der Waals surface area contributed by atoms with Gasteiger partial charge in [0, 0.05) is 41.4 Å². The zero-order chi connectivity index (χ0) is 20.0. The minimum Gasteiger partial charge on any atom is -0.350 e. The maximum absolute atomic E-state index is 13.8. The Bertz CT molecular complexity index is 1220. The van der Waals surface area contributed by atoms with Gasteiger partial charge in [-0.1, -0.05) is 36.4 Å². The number of aromatic nitrogens is 2. The molecule has 0 spiro atoms. The molecule has 0 saturated heterocycles. The molecule has 3 heterocycles. The molecule has 4 aromatic rings. The molecular weight excluding hydrogens is 465 g/mol. The van der Waals surface area contributed by atoms with Gasteiger partial charge in [-0.2, -0.15) is 0 Å². The Morgan fingerprint density at radius 1 is 1.07 bits per heavy atom. The van der Waals surface area contributed by atoms with E-state index in [0.717, 1.165) is 52.0 Å². The minimum absolute atomic E-state index is 0.